The lowest BCUT2D eigenvalue weighted by atomic mass is 9.74. The number of aliphatic hydroxyl groups is 4. The van der Waals surface area contributed by atoms with Crippen molar-refractivity contribution in [3.05, 3.63) is 46.9 Å². The molecular weight excluding hydrogens is 743 g/mol. The van der Waals surface area contributed by atoms with Crippen molar-refractivity contribution in [2.75, 3.05) is 0 Å². The third-order valence-corrected chi connectivity index (χ3v) is 13.7. The van der Waals surface area contributed by atoms with Gasteiger partial charge in [-0.3, -0.25) is 9.59 Å². The number of fused-ring (bicyclic) bond motifs is 2. The van der Waals surface area contributed by atoms with Crippen LogP contribution in [0.3, 0.4) is 0 Å². The predicted octanol–water partition coefficient (Wildman–Crippen LogP) is 7.20. The van der Waals surface area contributed by atoms with Crippen LogP contribution in [0.2, 0.25) is 0 Å². The molecule has 3 aliphatic rings. The second-order valence-corrected chi connectivity index (χ2v) is 18.2. The van der Waals surface area contributed by atoms with Crippen molar-refractivity contribution in [3.8, 4) is 0 Å². The largest absolute Gasteiger partial charge is 0.458 e. The molecule has 328 valence electrons. The summed E-state index contributed by atoms with van der Waals surface area (Å²) in [5, 5.41) is 48.7. The number of azide groups is 1. The van der Waals surface area contributed by atoms with Crippen molar-refractivity contribution < 1.29 is 49.0 Å². The average molecular weight is 816 g/mol. The lowest BCUT2D eigenvalue weighted by Crippen LogP contribution is -2.62. The van der Waals surface area contributed by atoms with E-state index in [1.165, 1.54) is 39.8 Å². The molecule has 4 N–H and O–H groups in total. The highest BCUT2D eigenvalue weighted by atomic mass is 16.7. The van der Waals surface area contributed by atoms with E-state index in [2.05, 4.69) is 29.9 Å². The maximum absolute atomic E-state index is 13.6. The molecule has 1 spiro atoms. The van der Waals surface area contributed by atoms with Gasteiger partial charge in [-0.1, -0.05) is 105 Å². The van der Waals surface area contributed by atoms with E-state index in [0.717, 1.165) is 19.3 Å². The van der Waals surface area contributed by atoms with Gasteiger partial charge in [0.2, 0.25) is 0 Å². The Bertz CT molecular complexity index is 1530. The molecule has 2 saturated heterocycles. The number of hydrogen-bond acceptors (Lipinski definition) is 11. The van der Waals surface area contributed by atoms with Gasteiger partial charge in [0, 0.05) is 59.0 Å². The summed E-state index contributed by atoms with van der Waals surface area (Å²) in [6, 6.07) is -0.276. The van der Waals surface area contributed by atoms with Crippen LogP contribution in [-0.2, 0) is 28.6 Å². The summed E-state index contributed by atoms with van der Waals surface area (Å²) in [7, 11) is 0. The van der Waals surface area contributed by atoms with Gasteiger partial charge in [0.1, 0.15) is 17.5 Å². The first kappa shape index (κ1) is 49.5. The minimum Gasteiger partial charge on any atom is -0.458 e. The Kier molecular flexibility index (Phi) is 18.4. The summed E-state index contributed by atoms with van der Waals surface area (Å²) in [6.45, 7) is 19.2. The highest BCUT2D eigenvalue weighted by molar-refractivity contribution is 5.91. The zero-order chi connectivity index (χ0) is 43.7. The third kappa shape index (κ3) is 11.9. The lowest BCUT2D eigenvalue weighted by molar-refractivity contribution is -0.370. The first-order valence-corrected chi connectivity index (χ1v) is 21.6. The summed E-state index contributed by atoms with van der Waals surface area (Å²) in [6.07, 6.45) is 10.0. The van der Waals surface area contributed by atoms with E-state index < -0.39 is 82.9 Å². The smallest absolute Gasteiger partial charge is 0.330 e. The molecule has 0 aliphatic carbocycles. The summed E-state index contributed by atoms with van der Waals surface area (Å²) < 4.78 is 20.1. The Balaban J connectivity index is 2.00. The Labute approximate surface area is 346 Å². The van der Waals surface area contributed by atoms with Crippen LogP contribution in [0.25, 0.3) is 10.4 Å². The van der Waals surface area contributed by atoms with Gasteiger partial charge in [-0.25, -0.2) is 4.79 Å². The molecule has 0 aromatic carbocycles. The molecule has 0 aromatic heterocycles. The maximum atomic E-state index is 13.6. The highest BCUT2D eigenvalue weighted by Gasteiger charge is 2.56. The number of esters is 1. The fourth-order valence-corrected chi connectivity index (χ4v) is 9.15. The van der Waals surface area contributed by atoms with Crippen molar-refractivity contribution in [2.24, 2.45) is 58.4 Å². The van der Waals surface area contributed by atoms with Crippen molar-refractivity contribution in [1.29, 1.82) is 0 Å². The van der Waals surface area contributed by atoms with E-state index in [9.17, 15) is 34.8 Å². The van der Waals surface area contributed by atoms with Gasteiger partial charge in [-0.15, -0.1) is 0 Å². The molecule has 13 nitrogen and oxygen atoms in total. The van der Waals surface area contributed by atoms with Gasteiger partial charge in [0.15, 0.2) is 11.6 Å². The molecule has 3 aliphatic heterocycles. The zero-order valence-electron chi connectivity index (χ0n) is 36.7. The van der Waals surface area contributed by atoms with Crippen LogP contribution >= 0.6 is 0 Å². The van der Waals surface area contributed by atoms with Gasteiger partial charge < -0.3 is 34.6 Å². The van der Waals surface area contributed by atoms with E-state index in [1.54, 1.807) is 13.8 Å². The normalized spacial score (nSPS) is 45.4. The molecule has 0 aromatic rings. The summed E-state index contributed by atoms with van der Waals surface area (Å²) in [5.41, 5.74) is 6.87. The van der Waals surface area contributed by atoms with E-state index in [-0.39, 0.29) is 41.9 Å². The number of aliphatic hydroxyl groups excluding tert-OH is 3. The van der Waals surface area contributed by atoms with Crippen LogP contribution in [0.5, 0.6) is 0 Å². The standard InChI is InChI=1S/C45H73N3O10/c1-12-34-17-15-13-14-16-27(4)42(53)44(11,55)43(54)32(9)40(52)31(8)39(51)30(7)38(50)26(3)18-21-37(49)56-41-29(6)35(20-19-34)57-45(33(41)10)23-22-25(2)36(58-45)24-28(5)47-48-46/h13-15,17-18,21,25-36,38,40-42,50,52-53,55H,12,16,19-20,22-24H2,1-11H3/b14-13+,17-15+,21-18+/t25-,26-,27+,28?,29+,30-,31-,32-,33-,34-,35-,36-,38+,40+,41+,42-,44+,45-/m0/s1. The third-order valence-electron chi connectivity index (χ3n) is 13.7. The molecule has 18 atom stereocenters. The first-order chi connectivity index (χ1) is 27.1. The monoisotopic (exact) mass is 816 g/mol. The molecule has 0 saturated carbocycles. The molecule has 2 fully saturated rings. The van der Waals surface area contributed by atoms with Crippen LogP contribution < -0.4 is 0 Å². The predicted molar refractivity (Wildman–Crippen MR) is 222 cm³/mol. The van der Waals surface area contributed by atoms with Crippen LogP contribution in [0.15, 0.2) is 41.6 Å². The number of ketones is 2. The van der Waals surface area contributed by atoms with Crippen LogP contribution in [0, 0.1) is 53.3 Å². The molecule has 0 amide bonds. The highest BCUT2D eigenvalue weighted by Crippen LogP contribution is 2.49. The fraction of sp³-hybridized carbons (Fsp3) is 0.800. The van der Waals surface area contributed by atoms with Gasteiger partial charge in [-0.2, -0.15) is 0 Å². The number of ether oxygens (including phenoxy) is 3. The Hall–Kier alpha value is -2.90. The summed E-state index contributed by atoms with van der Waals surface area (Å²) in [5.74, 6) is -7.45. The van der Waals surface area contributed by atoms with E-state index in [0.29, 0.717) is 25.7 Å². The maximum Gasteiger partial charge on any atom is 0.330 e. The fourth-order valence-electron chi connectivity index (χ4n) is 9.15. The van der Waals surface area contributed by atoms with Crippen molar-refractivity contribution in [3.63, 3.8) is 0 Å². The topological polar surface area (TPSA) is 209 Å². The van der Waals surface area contributed by atoms with E-state index >= 15 is 0 Å². The van der Waals surface area contributed by atoms with Gasteiger partial charge in [0.25, 0.3) is 0 Å². The molecule has 3 heterocycles. The van der Waals surface area contributed by atoms with Crippen molar-refractivity contribution in [2.45, 2.75) is 175 Å². The van der Waals surface area contributed by atoms with Crippen LogP contribution in [0.1, 0.15) is 121 Å². The molecule has 2 bridgehead atoms. The summed E-state index contributed by atoms with van der Waals surface area (Å²) in [4.78, 5) is 43.6. The SMILES string of the molecule is CC[C@H]1/C=C/C=C/C[C@@H](C)[C@H](O)[C@@](C)(O)C(=O)[C@@H](C)[C@H](O)[C@@H](C)C(=O)[C@@H](C)[C@H](O)[C@@H](C)/C=C/C(=O)O[C@@H]2[C@H](C)[C@H](CC1)O[C@]1(CC[C@H](C)[C@H](CC(C)N=[N+]=[N-])O1)[C@H]2C. The quantitative estimate of drug-likeness (QED) is 0.0971. The van der Waals surface area contributed by atoms with Crippen molar-refractivity contribution >= 4 is 17.5 Å². The van der Waals surface area contributed by atoms with Gasteiger partial charge in [0.05, 0.1) is 30.5 Å². The second kappa shape index (κ2) is 21.6. The molecule has 13 heteroatoms. The van der Waals surface area contributed by atoms with Crippen molar-refractivity contribution in [1.82, 2.24) is 0 Å². The second-order valence-electron chi connectivity index (χ2n) is 18.2. The average Bonchev–Trinajstić information content (AvgIpc) is 3.19. The summed E-state index contributed by atoms with van der Waals surface area (Å²) >= 11 is 0. The molecule has 1 unspecified atom stereocenters. The molecule has 3 rings (SSSR count). The Morgan fingerprint density at radius 1 is 0.897 bits per heavy atom. The minimum absolute atomic E-state index is 0.186. The minimum atomic E-state index is -2.19. The van der Waals surface area contributed by atoms with Crippen LogP contribution in [-0.4, -0.2) is 92.0 Å². The Morgan fingerprint density at radius 3 is 2.19 bits per heavy atom. The molecule has 0 radical (unpaired) electrons. The number of carbonyl (C=O) groups excluding carboxylic acids is 3. The number of nitrogens with zero attached hydrogens (tertiary/aromatic N) is 3. The number of hydrogen-bond donors (Lipinski definition) is 4. The Morgan fingerprint density at radius 2 is 1.55 bits per heavy atom. The lowest BCUT2D eigenvalue weighted by Gasteiger charge is -2.55. The molecule has 58 heavy (non-hydrogen) atoms. The number of Topliss-reactive ketones (excluding diaryl/α,β-unsaturated/α-hetero) is 2. The van der Waals surface area contributed by atoms with Crippen LogP contribution in [0.4, 0.5) is 0 Å². The van der Waals surface area contributed by atoms with E-state index in [4.69, 9.17) is 19.7 Å². The number of allylic oxidation sites excluding steroid dienone is 4. The van der Waals surface area contributed by atoms with E-state index in [1.807, 2.05) is 39.0 Å². The van der Waals surface area contributed by atoms with Gasteiger partial charge >= 0.3 is 5.97 Å². The number of rotatable bonds is 4. The molecular formula is C45H73N3O10. The first-order valence-electron chi connectivity index (χ1n) is 21.6. The zero-order valence-corrected chi connectivity index (χ0v) is 36.7. The number of carbonyl (C=O) groups is 3. The van der Waals surface area contributed by atoms with Gasteiger partial charge in [-0.05, 0) is 68.7 Å².